The largest absolute Gasteiger partial charge is 0.242 e. The van der Waals surface area contributed by atoms with Crippen LogP contribution in [-0.4, -0.2) is 15.0 Å². The average Bonchev–Trinajstić information content (AvgIpc) is 2.14. The van der Waals surface area contributed by atoms with Gasteiger partial charge in [0.1, 0.15) is 5.82 Å². The molecule has 15 heavy (non-hydrogen) atoms. The summed E-state index contributed by atoms with van der Waals surface area (Å²) in [6.45, 7) is -0.327. The Balaban J connectivity index is 3.12. The molecule has 1 N–H and O–H groups in total. The summed E-state index contributed by atoms with van der Waals surface area (Å²) in [7, 11) is -3.76. The van der Waals surface area contributed by atoms with E-state index in [-0.39, 0.29) is 15.9 Å². The van der Waals surface area contributed by atoms with Crippen LogP contribution in [0.15, 0.2) is 27.6 Å². The lowest BCUT2D eigenvalue weighted by molar-refractivity contribution is 0.584. The molecule has 1 aromatic carbocycles. The third kappa shape index (κ3) is 2.99. The normalized spacial score (nSPS) is 11.0. The van der Waals surface area contributed by atoms with Crippen molar-refractivity contribution in [2.75, 3.05) is 6.54 Å². The van der Waals surface area contributed by atoms with Crippen LogP contribution in [0.2, 0.25) is 0 Å². The number of halogens is 2. The van der Waals surface area contributed by atoms with Gasteiger partial charge in [0.25, 0.3) is 0 Å². The van der Waals surface area contributed by atoms with Gasteiger partial charge in [-0.3, -0.25) is 0 Å². The number of nitriles is 1. The molecular weight excluding hydrogens is 287 g/mol. The number of hydrogen-bond donors (Lipinski definition) is 1. The van der Waals surface area contributed by atoms with Gasteiger partial charge >= 0.3 is 0 Å². The van der Waals surface area contributed by atoms with E-state index in [4.69, 9.17) is 5.26 Å². The molecule has 80 valence electrons. The monoisotopic (exact) mass is 292 g/mol. The summed E-state index contributed by atoms with van der Waals surface area (Å²) < 4.78 is 37.9. The van der Waals surface area contributed by atoms with Gasteiger partial charge in [0, 0.05) is 4.47 Å². The van der Waals surface area contributed by atoms with Gasteiger partial charge in [0.15, 0.2) is 0 Å². The van der Waals surface area contributed by atoms with Crippen molar-refractivity contribution in [3.63, 3.8) is 0 Å². The second kappa shape index (κ2) is 4.70. The van der Waals surface area contributed by atoms with Gasteiger partial charge in [-0.05, 0) is 34.1 Å². The highest BCUT2D eigenvalue weighted by atomic mass is 79.9. The highest BCUT2D eigenvalue weighted by Gasteiger charge is 2.17. The third-order valence-electron chi connectivity index (χ3n) is 1.52. The van der Waals surface area contributed by atoms with Gasteiger partial charge in [-0.2, -0.15) is 9.98 Å². The first-order valence-electron chi connectivity index (χ1n) is 3.79. The molecule has 0 spiro atoms. The van der Waals surface area contributed by atoms with Crippen LogP contribution in [0.3, 0.4) is 0 Å². The smallest absolute Gasteiger partial charge is 0.207 e. The van der Waals surface area contributed by atoms with Crippen molar-refractivity contribution in [3.05, 3.63) is 28.5 Å². The van der Waals surface area contributed by atoms with E-state index in [1.165, 1.54) is 0 Å². The first-order valence-corrected chi connectivity index (χ1v) is 6.06. The summed E-state index contributed by atoms with van der Waals surface area (Å²) in [5.41, 5.74) is 0. The zero-order valence-corrected chi connectivity index (χ0v) is 9.77. The van der Waals surface area contributed by atoms with Gasteiger partial charge in [0.2, 0.25) is 10.0 Å². The number of benzene rings is 1. The standard InChI is InChI=1S/C8H6BrFN2O2S/c9-7-5-6(10)1-2-8(7)15(13,14)12-4-3-11/h1-2,5,12H,4H2. The number of nitrogens with zero attached hydrogens (tertiary/aromatic N) is 1. The lowest BCUT2D eigenvalue weighted by Crippen LogP contribution is -2.24. The summed E-state index contributed by atoms with van der Waals surface area (Å²) in [4.78, 5) is -0.0980. The predicted molar refractivity (Wildman–Crippen MR) is 54.9 cm³/mol. The predicted octanol–water partition coefficient (Wildman–Crippen LogP) is 1.39. The Labute approximate surface area is 94.9 Å². The fourth-order valence-electron chi connectivity index (χ4n) is 0.898. The molecule has 0 heterocycles. The zero-order valence-electron chi connectivity index (χ0n) is 7.37. The van der Waals surface area contributed by atoms with Crippen molar-refractivity contribution in [3.8, 4) is 6.07 Å². The molecule has 1 rings (SSSR count). The molecule has 0 aliphatic rings. The van der Waals surface area contributed by atoms with Gasteiger partial charge < -0.3 is 0 Å². The lowest BCUT2D eigenvalue weighted by atomic mass is 10.3. The number of hydrogen-bond acceptors (Lipinski definition) is 3. The van der Waals surface area contributed by atoms with E-state index in [1.54, 1.807) is 6.07 Å². The van der Waals surface area contributed by atoms with E-state index in [0.717, 1.165) is 18.2 Å². The maximum absolute atomic E-state index is 12.7. The first-order chi connectivity index (χ1) is 6.97. The Morgan fingerprint density at radius 1 is 1.53 bits per heavy atom. The summed E-state index contributed by atoms with van der Waals surface area (Å²) >= 11 is 2.93. The zero-order chi connectivity index (χ0) is 11.5. The Hall–Kier alpha value is -0.970. The van der Waals surface area contributed by atoms with Crippen LogP contribution in [0, 0.1) is 17.1 Å². The fraction of sp³-hybridized carbons (Fsp3) is 0.125. The minimum atomic E-state index is -3.76. The van der Waals surface area contributed by atoms with Crippen LogP contribution >= 0.6 is 15.9 Å². The van der Waals surface area contributed by atoms with E-state index in [0.29, 0.717) is 0 Å². The second-order valence-corrected chi connectivity index (χ2v) is 5.15. The van der Waals surface area contributed by atoms with E-state index in [1.807, 2.05) is 4.72 Å². The Morgan fingerprint density at radius 3 is 2.73 bits per heavy atom. The lowest BCUT2D eigenvalue weighted by Gasteiger charge is -2.05. The van der Waals surface area contributed by atoms with Gasteiger partial charge in [-0.15, -0.1) is 0 Å². The van der Waals surface area contributed by atoms with Crippen LogP contribution in [0.5, 0.6) is 0 Å². The molecular formula is C8H6BrFN2O2S. The van der Waals surface area contributed by atoms with Gasteiger partial charge in [-0.1, -0.05) is 0 Å². The van der Waals surface area contributed by atoms with Crippen molar-refractivity contribution in [2.45, 2.75) is 4.90 Å². The molecule has 0 aromatic heterocycles. The summed E-state index contributed by atoms with van der Waals surface area (Å²) in [5, 5.41) is 8.24. The van der Waals surface area contributed by atoms with E-state index in [2.05, 4.69) is 15.9 Å². The molecule has 0 aliphatic heterocycles. The number of sulfonamides is 1. The third-order valence-corrected chi connectivity index (χ3v) is 3.90. The van der Waals surface area contributed by atoms with Crippen LogP contribution in [0.4, 0.5) is 4.39 Å². The van der Waals surface area contributed by atoms with Gasteiger partial charge in [0.05, 0.1) is 17.5 Å². The maximum Gasteiger partial charge on any atom is 0.242 e. The molecule has 7 heteroatoms. The van der Waals surface area contributed by atoms with Crippen LogP contribution < -0.4 is 4.72 Å². The molecule has 0 atom stereocenters. The molecule has 0 aliphatic carbocycles. The van der Waals surface area contributed by atoms with E-state index >= 15 is 0 Å². The van der Waals surface area contributed by atoms with Crippen molar-refractivity contribution in [1.29, 1.82) is 5.26 Å². The highest BCUT2D eigenvalue weighted by molar-refractivity contribution is 9.10. The van der Waals surface area contributed by atoms with E-state index < -0.39 is 15.8 Å². The number of rotatable bonds is 3. The molecule has 0 unspecified atom stereocenters. The summed E-state index contributed by atoms with van der Waals surface area (Å²) in [6, 6.07) is 4.84. The van der Waals surface area contributed by atoms with Crippen LogP contribution in [0.25, 0.3) is 0 Å². The molecule has 0 radical (unpaired) electrons. The second-order valence-electron chi connectivity index (χ2n) is 2.56. The minimum absolute atomic E-state index is 0.0980. The molecule has 0 amide bonds. The molecule has 4 nitrogen and oxygen atoms in total. The summed E-state index contributed by atoms with van der Waals surface area (Å²) in [6.07, 6.45) is 0. The fourth-order valence-corrected chi connectivity index (χ4v) is 2.86. The van der Waals surface area contributed by atoms with Crippen molar-refractivity contribution < 1.29 is 12.8 Å². The minimum Gasteiger partial charge on any atom is -0.207 e. The molecule has 1 aromatic rings. The van der Waals surface area contributed by atoms with Crippen molar-refractivity contribution >= 4 is 26.0 Å². The summed E-state index contributed by atoms with van der Waals surface area (Å²) in [5.74, 6) is -0.541. The SMILES string of the molecule is N#CCNS(=O)(=O)c1ccc(F)cc1Br. The quantitative estimate of drug-likeness (QED) is 0.856. The van der Waals surface area contributed by atoms with Gasteiger partial charge in [-0.25, -0.2) is 12.8 Å². The molecule has 0 saturated carbocycles. The number of nitrogens with one attached hydrogen (secondary N) is 1. The van der Waals surface area contributed by atoms with Crippen molar-refractivity contribution in [2.24, 2.45) is 0 Å². The maximum atomic E-state index is 12.7. The van der Waals surface area contributed by atoms with Crippen molar-refractivity contribution in [1.82, 2.24) is 4.72 Å². The highest BCUT2D eigenvalue weighted by Crippen LogP contribution is 2.22. The molecule has 0 saturated heterocycles. The Bertz CT molecular complexity index is 510. The topological polar surface area (TPSA) is 70.0 Å². The van der Waals surface area contributed by atoms with E-state index in [9.17, 15) is 12.8 Å². The molecule has 0 fully saturated rings. The van der Waals surface area contributed by atoms with Crippen LogP contribution in [-0.2, 0) is 10.0 Å². The Kier molecular flexibility index (Phi) is 3.79. The van der Waals surface area contributed by atoms with Crippen LogP contribution in [0.1, 0.15) is 0 Å². The Morgan fingerprint density at radius 2 is 2.20 bits per heavy atom. The average molecular weight is 293 g/mol. The molecule has 0 bridgehead atoms. The first kappa shape index (κ1) is 12.1.